The summed E-state index contributed by atoms with van der Waals surface area (Å²) in [5, 5.41) is 2.62. The van der Waals surface area contributed by atoms with Crippen molar-refractivity contribution in [3.63, 3.8) is 0 Å². The molecule has 7 aromatic rings. The van der Waals surface area contributed by atoms with Crippen LogP contribution in [-0.2, 0) is 5.41 Å². The molecule has 0 fully saturated rings. The van der Waals surface area contributed by atoms with Gasteiger partial charge in [-0.05, 0) is 102 Å². The maximum Gasteiger partial charge on any atom is 0.0543 e. The molecule has 0 saturated heterocycles. The largest absolute Gasteiger partial charge is 0.309 e. The van der Waals surface area contributed by atoms with E-state index in [1.54, 1.807) is 0 Å². The van der Waals surface area contributed by atoms with Gasteiger partial charge in [-0.3, -0.25) is 0 Å². The third-order valence-electron chi connectivity index (χ3n) is 10.9. The monoisotopic (exact) mass is 695 g/mol. The molecule has 7 rings (SSSR count). The highest BCUT2D eigenvalue weighted by atomic mass is 15.0. The average molecular weight is 696 g/mol. The lowest BCUT2D eigenvalue weighted by Crippen LogP contribution is -2.23. The Labute approximate surface area is 319 Å². The first-order chi connectivity index (χ1) is 25.7. The number of unbranched alkanes of at least 4 members (excludes halogenated alkanes) is 2. The second-order valence-electron chi connectivity index (χ2n) is 15.3. The minimum Gasteiger partial charge on any atom is -0.309 e. The number of para-hydroxylation sites is 1. The van der Waals surface area contributed by atoms with E-state index >= 15 is 0 Å². The summed E-state index contributed by atoms with van der Waals surface area (Å²) in [6.45, 7) is 16.1. The van der Waals surface area contributed by atoms with Crippen molar-refractivity contribution >= 4 is 27.4 Å². The van der Waals surface area contributed by atoms with Gasteiger partial charge in [-0.25, -0.2) is 0 Å². The summed E-state index contributed by atoms with van der Waals surface area (Å²) >= 11 is 0. The quantitative estimate of drug-likeness (QED) is 0.119. The Morgan fingerprint density at radius 2 is 1.25 bits per heavy atom. The molecule has 53 heavy (non-hydrogen) atoms. The van der Waals surface area contributed by atoms with Crippen molar-refractivity contribution in [2.75, 3.05) is 0 Å². The number of aryl methyl sites for hydroxylation is 2. The molecule has 1 aromatic heterocycles. The zero-order chi connectivity index (χ0) is 37.4. The summed E-state index contributed by atoms with van der Waals surface area (Å²) in [4.78, 5) is 0. The van der Waals surface area contributed by atoms with Crippen molar-refractivity contribution in [2.45, 2.75) is 91.9 Å². The Balaban J connectivity index is 0.000000616. The molecule has 1 atom stereocenters. The summed E-state index contributed by atoms with van der Waals surface area (Å²) in [5.41, 5.74) is 14.4. The van der Waals surface area contributed by atoms with Crippen LogP contribution in [0.25, 0.3) is 33.1 Å². The zero-order valence-corrected chi connectivity index (χ0v) is 33.0. The lowest BCUT2D eigenvalue weighted by atomic mass is 9.72. The van der Waals surface area contributed by atoms with E-state index in [9.17, 15) is 0 Å². The van der Waals surface area contributed by atoms with Crippen LogP contribution in [0.15, 0.2) is 152 Å². The first-order valence-electron chi connectivity index (χ1n) is 19.8. The molecule has 0 aliphatic rings. The standard InChI is InChI=1S/C45H49N.C7H8/c1-7-9-11-22-38(34-19-12-10-13-20-34)35-26-28-36(29-27-35)46-43-25-17-15-23-39(43)40-31-42(33(4)30-44(40)46)45(5,6)41-24-16-14-21-37(41)32(3)18-8-2;1-7-5-3-2-4-6-7/h10,12-17,19-32H,7-9,11,18H2,1-6H3;2-6H,1H3/b38-22+;. The van der Waals surface area contributed by atoms with Crippen molar-refractivity contribution in [2.24, 2.45) is 0 Å². The zero-order valence-electron chi connectivity index (χ0n) is 33.0. The Bertz CT molecular complexity index is 2270. The molecule has 270 valence electrons. The maximum absolute atomic E-state index is 2.49. The van der Waals surface area contributed by atoms with Gasteiger partial charge in [0, 0.05) is 21.9 Å². The van der Waals surface area contributed by atoms with E-state index < -0.39 is 0 Å². The second kappa shape index (κ2) is 17.1. The van der Waals surface area contributed by atoms with E-state index in [4.69, 9.17) is 0 Å². The maximum atomic E-state index is 2.49. The fourth-order valence-electron chi connectivity index (χ4n) is 8.10. The minimum atomic E-state index is -0.125. The van der Waals surface area contributed by atoms with Crippen LogP contribution >= 0.6 is 0 Å². The molecule has 0 bridgehead atoms. The molecule has 1 nitrogen and oxygen atoms in total. The van der Waals surface area contributed by atoms with Gasteiger partial charge in [0.25, 0.3) is 0 Å². The molecule has 0 aliphatic heterocycles. The van der Waals surface area contributed by atoms with Gasteiger partial charge in [0.1, 0.15) is 0 Å². The first kappa shape index (κ1) is 37.6. The van der Waals surface area contributed by atoms with Crippen LogP contribution in [0.5, 0.6) is 0 Å². The molecule has 0 saturated carbocycles. The molecule has 0 amide bonds. The summed E-state index contributed by atoms with van der Waals surface area (Å²) in [6, 6.07) is 53.2. The van der Waals surface area contributed by atoms with Gasteiger partial charge in [-0.15, -0.1) is 0 Å². The third-order valence-corrected chi connectivity index (χ3v) is 10.9. The molecule has 0 spiro atoms. The van der Waals surface area contributed by atoms with E-state index in [2.05, 4.69) is 187 Å². The minimum absolute atomic E-state index is 0.125. The molecule has 1 heteroatoms. The highest BCUT2D eigenvalue weighted by Gasteiger charge is 2.29. The van der Waals surface area contributed by atoms with E-state index in [1.807, 2.05) is 18.2 Å². The number of hydrogen-bond donors (Lipinski definition) is 0. The summed E-state index contributed by atoms with van der Waals surface area (Å²) in [5.74, 6) is 0.540. The number of fused-ring (bicyclic) bond motifs is 3. The topological polar surface area (TPSA) is 4.93 Å². The van der Waals surface area contributed by atoms with Gasteiger partial charge in [0.2, 0.25) is 0 Å². The van der Waals surface area contributed by atoms with E-state index in [0.717, 1.165) is 6.42 Å². The van der Waals surface area contributed by atoms with Gasteiger partial charge in [0.05, 0.1) is 11.0 Å². The van der Waals surface area contributed by atoms with Crippen molar-refractivity contribution in [1.29, 1.82) is 0 Å². The predicted octanol–water partition coefficient (Wildman–Crippen LogP) is 14.9. The number of hydrogen-bond acceptors (Lipinski definition) is 0. The fourth-order valence-corrected chi connectivity index (χ4v) is 8.10. The number of nitrogens with zero attached hydrogens (tertiary/aromatic N) is 1. The van der Waals surface area contributed by atoms with Crippen LogP contribution in [0.1, 0.15) is 112 Å². The van der Waals surface area contributed by atoms with Crippen molar-refractivity contribution in [3.05, 3.63) is 191 Å². The summed E-state index contributed by atoms with van der Waals surface area (Å²) < 4.78 is 2.46. The average Bonchev–Trinajstić information content (AvgIpc) is 3.50. The lowest BCUT2D eigenvalue weighted by molar-refractivity contribution is 0.596. The van der Waals surface area contributed by atoms with Crippen LogP contribution in [0.2, 0.25) is 0 Å². The van der Waals surface area contributed by atoms with E-state index in [-0.39, 0.29) is 5.41 Å². The third kappa shape index (κ3) is 8.26. The van der Waals surface area contributed by atoms with Gasteiger partial charge < -0.3 is 4.57 Å². The second-order valence-corrected chi connectivity index (χ2v) is 15.3. The molecule has 0 N–H and O–H groups in total. The molecule has 1 heterocycles. The van der Waals surface area contributed by atoms with Crippen molar-refractivity contribution < 1.29 is 0 Å². The number of benzene rings is 6. The van der Waals surface area contributed by atoms with Gasteiger partial charge >= 0.3 is 0 Å². The Hall–Kier alpha value is -5.14. The lowest BCUT2D eigenvalue weighted by Gasteiger charge is -2.32. The molecule has 6 aromatic carbocycles. The number of aromatic nitrogens is 1. The fraction of sp³-hybridized carbons (Fsp3) is 0.269. The van der Waals surface area contributed by atoms with E-state index in [0.29, 0.717) is 5.92 Å². The number of rotatable bonds is 11. The van der Waals surface area contributed by atoms with Crippen LogP contribution in [-0.4, -0.2) is 4.57 Å². The van der Waals surface area contributed by atoms with Gasteiger partial charge in [0.15, 0.2) is 0 Å². The highest BCUT2D eigenvalue weighted by Crippen LogP contribution is 2.42. The highest BCUT2D eigenvalue weighted by molar-refractivity contribution is 6.09. The number of allylic oxidation sites excluding steroid dienone is 1. The van der Waals surface area contributed by atoms with Crippen LogP contribution in [0.3, 0.4) is 0 Å². The van der Waals surface area contributed by atoms with Crippen LogP contribution in [0, 0.1) is 13.8 Å². The Kier molecular flexibility index (Phi) is 12.2. The SMILES string of the molecule is CCCC/C=C(\c1ccccc1)c1ccc(-n2c3ccccc3c3cc(C(C)(C)c4ccccc4C(C)CCC)c(C)cc32)cc1.Cc1ccccc1. The van der Waals surface area contributed by atoms with Crippen LogP contribution < -0.4 is 0 Å². The predicted molar refractivity (Wildman–Crippen MR) is 232 cm³/mol. The molecule has 1 unspecified atom stereocenters. The summed E-state index contributed by atoms with van der Waals surface area (Å²) in [6.07, 6.45) is 8.33. The van der Waals surface area contributed by atoms with Gasteiger partial charge in [-0.2, -0.15) is 0 Å². The van der Waals surface area contributed by atoms with Crippen LogP contribution in [0.4, 0.5) is 0 Å². The Morgan fingerprint density at radius 1 is 0.623 bits per heavy atom. The van der Waals surface area contributed by atoms with Gasteiger partial charge in [-0.1, -0.05) is 181 Å². The molecule has 0 aliphatic carbocycles. The molecule has 0 radical (unpaired) electrons. The first-order valence-corrected chi connectivity index (χ1v) is 19.8. The van der Waals surface area contributed by atoms with Crippen molar-refractivity contribution in [3.8, 4) is 5.69 Å². The Morgan fingerprint density at radius 3 is 1.91 bits per heavy atom. The normalized spacial score (nSPS) is 12.5. The smallest absolute Gasteiger partial charge is 0.0543 e. The summed E-state index contributed by atoms with van der Waals surface area (Å²) in [7, 11) is 0. The molecular weight excluding hydrogens is 639 g/mol. The van der Waals surface area contributed by atoms with Crippen molar-refractivity contribution in [1.82, 2.24) is 4.57 Å². The van der Waals surface area contributed by atoms with E-state index in [1.165, 1.54) is 97.7 Å². The molecular formula is C52H57N.